The van der Waals surface area contributed by atoms with Gasteiger partial charge in [-0.15, -0.1) is 0 Å². The van der Waals surface area contributed by atoms with Gasteiger partial charge in [0, 0.05) is 18.2 Å². The first-order valence-corrected chi connectivity index (χ1v) is 13.3. The normalized spacial score (nSPS) is 11.8. The SMILES string of the molecule is CCC(C(=O)N(CC(=O)Nc1cc(-c2ccccc2)nn1-c1ccccc1Cl)CC(C)C)c1ccccc1. The Labute approximate surface area is 229 Å². The van der Waals surface area contributed by atoms with Gasteiger partial charge in [0.15, 0.2) is 0 Å². The molecule has 1 atom stereocenters. The van der Waals surface area contributed by atoms with Crippen LogP contribution in [0.3, 0.4) is 0 Å². The maximum atomic E-state index is 13.6. The van der Waals surface area contributed by atoms with Crippen LogP contribution >= 0.6 is 11.6 Å². The zero-order valence-electron chi connectivity index (χ0n) is 22.0. The van der Waals surface area contributed by atoms with Crippen LogP contribution in [0.15, 0.2) is 91.0 Å². The van der Waals surface area contributed by atoms with Gasteiger partial charge in [0.1, 0.15) is 5.82 Å². The molecule has 1 N–H and O–H groups in total. The van der Waals surface area contributed by atoms with Crippen LogP contribution in [0.25, 0.3) is 16.9 Å². The molecule has 0 saturated heterocycles. The van der Waals surface area contributed by atoms with Gasteiger partial charge >= 0.3 is 0 Å². The van der Waals surface area contributed by atoms with Crippen LogP contribution in [0.1, 0.15) is 38.7 Å². The number of amides is 2. The molecule has 0 aliphatic rings. The molecule has 0 spiro atoms. The van der Waals surface area contributed by atoms with Crippen LogP contribution in [0.5, 0.6) is 0 Å². The molecule has 3 aromatic carbocycles. The zero-order valence-corrected chi connectivity index (χ0v) is 22.7. The highest BCUT2D eigenvalue weighted by atomic mass is 35.5. The summed E-state index contributed by atoms with van der Waals surface area (Å²) in [6.07, 6.45) is 0.652. The van der Waals surface area contributed by atoms with Gasteiger partial charge < -0.3 is 10.2 Å². The number of carbonyl (C=O) groups is 2. The summed E-state index contributed by atoms with van der Waals surface area (Å²) in [6.45, 7) is 6.50. The summed E-state index contributed by atoms with van der Waals surface area (Å²) >= 11 is 6.49. The second kappa shape index (κ2) is 12.6. The van der Waals surface area contributed by atoms with Crippen molar-refractivity contribution in [2.45, 2.75) is 33.1 Å². The molecule has 0 bridgehead atoms. The summed E-state index contributed by atoms with van der Waals surface area (Å²) in [7, 11) is 0. The van der Waals surface area contributed by atoms with Gasteiger partial charge in [-0.05, 0) is 30.0 Å². The van der Waals surface area contributed by atoms with E-state index in [1.807, 2.05) is 106 Å². The molecule has 0 saturated carbocycles. The lowest BCUT2D eigenvalue weighted by atomic mass is 9.94. The summed E-state index contributed by atoms with van der Waals surface area (Å²) in [5.74, 6) is 0.0373. The highest BCUT2D eigenvalue weighted by Gasteiger charge is 2.27. The second-order valence-corrected chi connectivity index (χ2v) is 10.1. The molecule has 1 heterocycles. The van der Waals surface area contributed by atoms with Crippen molar-refractivity contribution in [1.29, 1.82) is 0 Å². The third-order valence-electron chi connectivity index (χ3n) is 6.27. The highest BCUT2D eigenvalue weighted by molar-refractivity contribution is 6.32. The predicted octanol–water partition coefficient (Wildman–Crippen LogP) is 6.81. The average molecular weight is 529 g/mol. The molecule has 0 aliphatic heterocycles. The first-order chi connectivity index (χ1) is 18.4. The van der Waals surface area contributed by atoms with E-state index >= 15 is 0 Å². The molecule has 0 fully saturated rings. The molecule has 6 nitrogen and oxygen atoms in total. The molecule has 1 unspecified atom stereocenters. The van der Waals surface area contributed by atoms with E-state index in [0.29, 0.717) is 35.2 Å². The molecule has 0 radical (unpaired) electrons. The van der Waals surface area contributed by atoms with E-state index in [0.717, 1.165) is 11.1 Å². The molecule has 4 aromatic rings. The van der Waals surface area contributed by atoms with Gasteiger partial charge in [-0.3, -0.25) is 9.59 Å². The topological polar surface area (TPSA) is 67.2 Å². The van der Waals surface area contributed by atoms with Crippen molar-refractivity contribution >= 4 is 29.2 Å². The van der Waals surface area contributed by atoms with Crippen molar-refractivity contribution in [3.8, 4) is 16.9 Å². The standard InChI is InChI=1S/C31H33ClN4O2/c1-4-25(23-13-7-5-8-14-23)31(38)35(20-22(2)3)21-30(37)33-29-19-27(24-15-9-6-10-16-24)34-36(29)28-18-12-11-17-26(28)32/h5-19,22,25H,4,20-21H2,1-3H3,(H,33,37). The molecule has 2 amide bonds. The molecule has 0 aliphatic carbocycles. The Kier molecular flexibility index (Phi) is 8.98. The molecule has 7 heteroatoms. The van der Waals surface area contributed by atoms with E-state index in [4.69, 9.17) is 16.7 Å². The summed E-state index contributed by atoms with van der Waals surface area (Å²) in [5.41, 5.74) is 3.22. The predicted molar refractivity (Wildman–Crippen MR) is 154 cm³/mol. The van der Waals surface area contributed by atoms with Gasteiger partial charge in [0.2, 0.25) is 11.8 Å². The first-order valence-electron chi connectivity index (χ1n) is 12.9. The van der Waals surface area contributed by atoms with Crippen LogP contribution in [0, 0.1) is 5.92 Å². The van der Waals surface area contributed by atoms with E-state index in [-0.39, 0.29) is 30.2 Å². The fourth-order valence-corrected chi connectivity index (χ4v) is 4.73. The van der Waals surface area contributed by atoms with Crippen molar-refractivity contribution < 1.29 is 9.59 Å². The van der Waals surface area contributed by atoms with Crippen LogP contribution in [-0.2, 0) is 9.59 Å². The van der Waals surface area contributed by atoms with Gasteiger partial charge in [-0.1, -0.05) is 105 Å². The monoisotopic (exact) mass is 528 g/mol. The van der Waals surface area contributed by atoms with E-state index in [1.54, 1.807) is 15.6 Å². The van der Waals surface area contributed by atoms with Crippen LogP contribution in [0.2, 0.25) is 5.02 Å². The number of nitrogens with zero attached hydrogens (tertiary/aromatic N) is 3. The Hall–Kier alpha value is -3.90. The number of halogens is 1. The third kappa shape index (κ3) is 6.50. The number of anilines is 1. The number of nitrogens with one attached hydrogen (secondary N) is 1. The fourth-order valence-electron chi connectivity index (χ4n) is 4.51. The smallest absolute Gasteiger partial charge is 0.245 e. The van der Waals surface area contributed by atoms with Crippen molar-refractivity contribution in [2.24, 2.45) is 5.92 Å². The highest BCUT2D eigenvalue weighted by Crippen LogP contribution is 2.28. The number of rotatable bonds is 10. The average Bonchev–Trinajstić information content (AvgIpc) is 3.33. The minimum Gasteiger partial charge on any atom is -0.333 e. The fraction of sp³-hybridized carbons (Fsp3) is 0.258. The molecule has 4 rings (SSSR count). The van der Waals surface area contributed by atoms with Gasteiger partial charge in [-0.25, -0.2) is 4.68 Å². The van der Waals surface area contributed by atoms with Gasteiger partial charge in [0.05, 0.1) is 28.9 Å². The van der Waals surface area contributed by atoms with E-state index < -0.39 is 0 Å². The third-order valence-corrected chi connectivity index (χ3v) is 6.59. The maximum absolute atomic E-state index is 13.6. The number of benzene rings is 3. The summed E-state index contributed by atoms with van der Waals surface area (Å²) < 4.78 is 1.63. The van der Waals surface area contributed by atoms with E-state index in [2.05, 4.69) is 5.32 Å². The first kappa shape index (κ1) is 27.1. The minimum atomic E-state index is -0.305. The lowest BCUT2D eigenvalue weighted by Crippen LogP contribution is -2.42. The van der Waals surface area contributed by atoms with E-state index in [9.17, 15) is 9.59 Å². The lowest BCUT2D eigenvalue weighted by molar-refractivity contribution is -0.136. The molecular formula is C31H33ClN4O2. The van der Waals surface area contributed by atoms with Crippen molar-refractivity contribution in [2.75, 3.05) is 18.4 Å². The number of hydrogen-bond acceptors (Lipinski definition) is 3. The van der Waals surface area contributed by atoms with Gasteiger partial charge in [-0.2, -0.15) is 5.10 Å². The molecular weight excluding hydrogens is 496 g/mol. The van der Waals surface area contributed by atoms with Crippen molar-refractivity contribution in [3.05, 3.63) is 102 Å². The number of para-hydroxylation sites is 1. The second-order valence-electron chi connectivity index (χ2n) is 9.68. The molecule has 1 aromatic heterocycles. The Morgan fingerprint density at radius 3 is 2.21 bits per heavy atom. The van der Waals surface area contributed by atoms with Crippen molar-refractivity contribution in [3.63, 3.8) is 0 Å². The maximum Gasteiger partial charge on any atom is 0.245 e. The largest absolute Gasteiger partial charge is 0.333 e. The Morgan fingerprint density at radius 2 is 1.58 bits per heavy atom. The van der Waals surface area contributed by atoms with E-state index in [1.165, 1.54) is 0 Å². The van der Waals surface area contributed by atoms with Crippen LogP contribution in [-0.4, -0.2) is 39.6 Å². The van der Waals surface area contributed by atoms with Crippen molar-refractivity contribution in [1.82, 2.24) is 14.7 Å². The number of aromatic nitrogens is 2. The number of carbonyl (C=O) groups excluding carboxylic acids is 2. The summed E-state index contributed by atoms with van der Waals surface area (Å²) in [6, 6.07) is 28.6. The molecule has 196 valence electrons. The van der Waals surface area contributed by atoms with Gasteiger partial charge in [0.25, 0.3) is 0 Å². The number of hydrogen-bond donors (Lipinski definition) is 1. The Bertz CT molecular complexity index is 1370. The zero-order chi connectivity index (χ0) is 27.1. The Balaban J connectivity index is 1.61. The van der Waals surface area contributed by atoms with Crippen LogP contribution < -0.4 is 5.32 Å². The quantitative estimate of drug-likeness (QED) is 0.246. The lowest BCUT2D eigenvalue weighted by Gasteiger charge is -2.28. The summed E-state index contributed by atoms with van der Waals surface area (Å²) in [4.78, 5) is 28.7. The molecule has 38 heavy (non-hydrogen) atoms. The summed E-state index contributed by atoms with van der Waals surface area (Å²) in [5, 5.41) is 8.25. The van der Waals surface area contributed by atoms with Crippen LogP contribution in [0.4, 0.5) is 5.82 Å². The Morgan fingerprint density at radius 1 is 0.947 bits per heavy atom. The minimum absolute atomic E-state index is 0.0489.